The van der Waals surface area contributed by atoms with E-state index in [4.69, 9.17) is 4.74 Å². The maximum absolute atomic E-state index is 13.1. The van der Waals surface area contributed by atoms with Crippen molar-refractivity contribution in [1.82, 2.24) is 5.32 Å². The van der Waals surface area contributed by atoms with Gasteiger partial charge in [-0.05, 0) is 64.2 Å². The molecule has 3 N–H and O–H groups in total. The van der Waals surface area contributed by atoms with Crippen LogP contribution in [-0.2, 0) is 14.3 Å². The number of nitrogens with one attached hydrogen (secondary N) is 1. The first-order chi connectivity index (χ1) is 26.5. The zero-order valence-electron chi connectivity index (χ0n) is 35.6. The number of rotatable bonds is 40. The highest BCUT2D eigenvalue weighted by molar-refractivity contribution is 5.77. The van der Waals surface area contributed by atoms with Gasteiger partial charge in [-0.15, -0.1) is 0 Å². The molecule has 0 aliphatic carbocycles. The van der Waals surface area contributed by atoms with E-state index in [1.54, 1.807) is 0 Å². The number of unbranched alkanes of at least 4 members (excludes halogenated alkanes) is 22. The van der Waals surface area contributed by atoms with E-state index in [0.29, 0.717) is 19.3 Å². The third kappa shape index (κ3) is 36.8. The lowest BCUT2D eigenvalue weighted by Crippen LogP contribution is -2.46. The summed E-state index contributed by atoms with van der Waals surface area (Å²) in [5.41, 5.74) is 0. The van der Waals surface area contributed by atoms with E-state index < -0.39 is 18.2 Å². The zero-order chi connectivity index (χ0) is 39.6. The molecule has 0 aromatic carbocycles. The van der Waals surface area contributed by atoms with Crippen LogP contribution in [0.2, 0.25) is 0 Å². The van der Waals surface area contributed by atoms with Crippen LogP contribution in [0.1, 0.15) is 220 Å². The van der Waals surface area contributed by atoms with Crippen molar-refractivity contribution in [3.63, 3.8) is 0 Å². The Hall–Kier alpha value is -2.18. The summed E-state index contributed by atoms with van der Waals surface area (Å²) in [5.74, 6) is -0.507. The summed E-state index contributed by atoms with van der Waals surface area (Å²) in [7, 11) is 0. The maximum Gasteiger partial charge on any atom is 0.306 e. The Labute approximate surface area is 334 Å². The number of aliphatic hydroxyl groups is 2. The van der Waals surface area contributed by atoms with Crippen LogP contribution in [0.25, 0.3) is 0 Å². The van der Waals surface area contributed by atoms with Crippen molar-refractivity contribution in [2.45, 2.75) is 238 Å². The van der Waals surface area contributed by atoms with Gasteiger partial charge in [0.15, 0.2) is 0 Å². The minimum Gasteiger partial charge on any atom is -0.462 e. The molecule has 0 rings (SSSR count). The molecule has 0 heterocycles. The molecule has 0 aromatic rings. The van der Waals surface area contributed by atoms with Crippen LogP contribution in [0.15, 0.2) is 48.6 Å². The maximum atomic E-state index is 13.1. The Morgan fingerprint density at radius 1 is 0.556 bits per heavy atom. The Morgan fingerprint density at radius 2 is 1.04 bits per heavy atom. The quantitative estimate of drug-likeness (QED) is 0.0250. The number of hydrogen-bond donors (Lipinski definition) is 3. The standard InChI is InChI=1S/C48H87NO5/c1-4-7-10-13-16-19-22-23-26-27-30-33-36-39-44(54-48(53)41-38-35-32-29-25-21-18-15-12-9-6-3)42-47(52)49-45(43-50)46(51)40-37-34-31-28-24-20-17-14-11-8-5-2/h7,10,13,15-16,18-19,22,44-46,50-51H,4-6,8-9,11-12,14,17,20-21,23-43H2,1-3H3,(H,49,52)/b10-7+,16-13+,18-15-,22-19+. The van der Waals surface area contributed by atoms with Crippen LogP contribution in [0.5, 0.6) is 0 Å². The van der Waals surface area contributed by atoms with E-state index in [9.17, 15) is 19.8 Å². The van der Waals surface area contributed by atoms with Gasteiger partial charge in [0.25, 0.3) is 0 Å². The first-order valence-electron chi connectivity index (χ1n) is 22.9. The molecular formula is C48H87NO5. The predicted molar refractivity (Wildman–Crippen MR) is 232 cm³/mol. The second-order valence-electron chi connectivity index (χ2n) is 15.5. The summed E-state index contributed by atoms with van der Waals surface area (Å²) in [6.45, 7) is 6.29. The molecule has 0 aromatic heterocycles. The molecule has 0 spiro atoms. The number of carbonyl (C=O) groups is 2. The Bertz CT molecular complexity index is 941. The molecule has 314 valence electrons. The molecule has 0 radical (unpaired) electrons. The number of hydrogen-bond acceptors (Lipinski definition) is 5. The smallest absolute Gasteiger partial charge is 0.306 e. The van der Waals surface area contributed by atoms with Crippen molar-refractivity contribution < 1.29 is 24.5 Å². The summed E-state index contributed by atoms with van der Waals surface area (Å²) in [6, 6.07) is -0.707. The van der Waals surface area contributed by atoms with Gasteiger partial charge in [0.05, 0.1) is 25.2 Å². The summed E-state index contributed by atoms with van der Waals surface area (Å²) in [6.07, 6.45) is 48.8. The van der Waals surface area contributed by atoms with Crippen molar-refractivity contribution in [3.8, 4) is 0 Å². The first-order valence-corrected chi connectivity index (χ1v) is 22.9. The van der Waals surface area contributed by atoms with E-state index in [0.717, 1.165) is 89.9 Å². The van der Waals surface area contributed by atoms with E-state index >= 15 is 0 Å². The van der Waals surface area contributed by atoms with Gasteiger partial charge >= 0.3 is 5.97 Å². The SMILES string of the molecule is CC/C=C/C=C/C=C/CCCCCCCC(CC(=O)NC(CO)C(O)CCCCCCCCCCCCC)OC(=O)CCCCCCC/C=C\CCCC. The fourth-order valence-electron chi connectivity index (χ4n) is 6.70. The average molecular weight is 758 g/mol. The van der Waals surface area contributed by atoms with Gasteiger partial charge in [-0.3, -0.25) is 9.59 Å². The van der Waals surface area contributed by atoms with Crippen LogP contribution in [0.4, 0.5) is 0 Å². The van der Waals surface area contributed by atoms with Crippen LogP contribution >= 0.6 is 0 Å². The molecular weight excluding hydrogens is 671 g/mol. The van der Waals surface area contributed by atoms with Crippen LogP contribution in [0.3, 0.4) is 0 Å². The average Bonchev–Trinajstić information content (AvgIpc) is 3.16. The third-order valence-electron chi connectivity index (χ3n) is 10.2. The number of amides is 1. The monoisotopic (exact) mass is 758 g/mol. The first kappa shape index (κ1) is 51.8. The Morgan fingerprint density at radius 3 is 1.61 bits per heavy atom. The van der Waals surface area contributed by atoms with Crippen LogP contribution < -0.4 is 5.32 Å². The molecule has 0 bridgehead atoms. The van der Waals surface area contributed by atoms with E-state index in [-0.39, 0.29) is 24.9 Å². The van der Waals surface area contributed by atoms with Gasteiger partial charge in [-0.1, -0.05) is 191 Å². The highest BCUT2D eigenvalue weighted by atomic mass is 16.5. The predicted octanol–water partition coefficient (Wildman–Crippen LogP) is 13.1. The highest BCUT2D eigenvalue weighted by Crippen LogP contribution is 2.17. The lowest BCUT2D eigenvalue weighted by molar-refractivity contribution is -0.151. The van der Waals surface area contributed by atoms with Crippen molar-refractivity contribution in [1.29, 1.82) is 0 Å². The van der Waals surface area contributed by atoms with Crippen LogP contribution in [-0.4, -0.2) is 46.9 Å². The van der Waals surface area contributed by atoms with Crippen molar-refractivity contribution in [3.05, 3.63) is 48.6 Å². The van der Waals surface area contributed by atoms with Crippen LogP contribution in [0, 0.1) is 0 Å². The molecule has 0 fully saturated rings. The van der Waals surface area contributed by atoms with E-state index in [1.165, 1.54) is 83.5 Å². The minimum atomic E-state index is -0.792. The summed E-state index contributed by atoms with van der Waals surface area (Å²) in [4.78, 5) is 26.0. The number of esters is 1. The number of ether oxygens (including phenoxy) is 1. The molecule has 0 aliphatic rings. The molecule has 0 saturated heterocycles. The Kier molecular flexibility index (Phi) is 40.3. The summed E-state index contributed by atoms with van der Waals surface area (Å²) in [5, 5.41) is 23.6. The van der Waals surface area contributed by atoms with E-state index in [1.807, 2.05) is 0 Å². The number of aliphatic hydroxyl groups excluding tert-OH is 2. The fraction of sp³-hybridized carbons (Fsp3) is 0.792. The highest BCUT2D eigenvalue weighted by Gasteiger charge is 2.24. The van der Waals surface area contributed by atoms with Gasteiger partial charge in [-0.2, -0.15) is 0 Å². The molecule has 3 unspecified atom stereocenters. The lowest BCUT2D eigenvalue weighted by atomic mass is 10.0. The number of carbonyl (C=O) groups excluding carboxylic acids is 2. The Balaban J connectivity index is 4.65. The molecule has 0 aliphatic heterocycles. The lowest BCUT2D eigenvalue weighted by Gasteiger charge is -2.24. The van der Waals surface area contributed by atoms with E-state index in [2.05, 4.69) is 74.7 Å². The molecule has 3 atom stereocenters. The van der Waals surface area contributed by atoms with Crippen molar-refractivity contribution >= 4 is 11.9 Å². The normalized spacial score (nSPS) is 13.8. The zero-order valence-corrected chi connectivity index (χ0v) is 35.6. The fourth-order valence-corrected chi connectivity index (χ4v) is 6.70. The summed E-state index contributed by atoms with van der Waals surface area (Å²) >= 11 is 0. The topological polar surface area (TPSA) is 95.9 Å². The van der Waals surface area contributed by atoms with Gasteiger partial charge in [0.2, 0.25) is 5.91 Å². The molecule has 54 heavy (non-hydrogen) atoms. The van der Waals surface area contributed by atoms with Gasteiger partial charge in [-0.25, -0.2) is 0 Å². The molecule has 0 saturated carbocycles. The summed E-state index contributed by atoms with van der Waals surface area (Å²) < 4.78 is 5.89. The number of allylic oxidation sites excluding steroid dienone is 8. The van der Waals surface area contributed by atoms with Gasteiger partial charge in [0, 0.05) is 6.42 Å². The minimum absolute atomic E-state index is 0.0605. The third-order valence-corrected chi connectivity index (χ3v) is 10.2. The van der Waals surface area contributed by atoms with Gasteiger partial charge < -0.3 is 20.3 Å². The van der Waals surface area contributed by atoms with Crippen molar-refractivity contribution in [2.24, 2.45) is 0 Å². The molecule has 1 amide bonds. The second kappa shape index (κ2) is 42.0. The second-order valence-corrected chi connectivity index (χ2v) is 15.5. The largest absolute Gasteiger partial charge is 0.462 e. The molecule has 6 nitrogen and oxygen atoms in total. The van der Waals surface area contributed by atoms with Gasteiger partial charge in [0.1, 0.15) is 6.10 Å². The molecule has 6 heteroatoms. The van der Waals surface area contributed by atoms with Crippen molar-refractivity contribution in [2.75, 3.05) is 6.61 Å².